The highest BCUT2D eigenvalue weighted by atomic mass is 16.5. The highest BCUT2D eigenvalue weighted by Gasteiger charge is 2.25. The summed E-state index contributed by atoms with van der Waals surface area (Å²) in [6.07, 6.45) is 5.41. The van der Waals surface area contributed by atoms with Crippen molar-refractivity contribution in [3.8, 4) is 0 Å². The number of pyridine rings is 1. The lowest BCUT2D eigenvalue weighted by Gasteiger charge is -2.36. The van der Waals surface area contributed by atoms with Crippen LogP contribution in [0.4, 0.5) is 5.82 Å². The molecule has 0 saturated carbocycles. The van der Waals surface area contributed by atoms with Gasteiger partial charge in [0.2, 0.25) is 5.91 Å². The molecule has 7 nitrogen and oxygen atoms in total. The molecule has 2 amide bonds. The van der Waals surface area contributed by atoms with Crippen LogP contribution in [-0.4, -0.2) is 67.1 Å². The molecule has 0 aromatic carbocycles. The third kappa shape index (κ3) is 5.44. The van der Waals surface area contributed by atoms with Crippen LogP contribution in [0.3, 0.4) is 0 Å². The lowest BCUT2D eigenvalue weighted by molar-refractivity contribution is -0.131. The molecule has 2 fully saturated rings. The monoisotopic (exact) mass is 388 g/mol. The number of hydrogen-bond acceptors (Lipinski definition) is 5. The topological polar surface area (TPSA) is 74.8 Å². The third-order valence-electron chi connectivity index (χ3n) is 5.41. The number of carbonyl (C=O) groups is 2. The van der Waals surface area contributed by atoms with Gasteiger partial charge in [-0.15, -0.1) is 0 Å². The van der Waals surface area contributed by atoms with Crippen molar-refractivity contribution in [3.63, 3.8) is 0 Å². The van der Waals surface area contributed by atoms with Crippen LogP contribution in [0.25, 0.3) is 0 Å². The minimum atomic E-state index is -0.117. The second-order valence-corrected chi connectivity index (χ2v) is 8.02. The Bertz CT molecular complexity index is 665. The molecule has 0 aliphatic carbocycles. The number of nitrogens with one attached hydrogen (secondary N) is 1. The number of carbonyl (C=O) groups excluding carboxylic acids is 2. The van der Waals surface area contributed by atoms with Crippen LogP contribution >= 0.6 is 0 Å². The van der Waals surface area contributed by atoms with Gasteiger partial charge in [-0.05, 0) is 37.3 Å². The van der Waals surface area contributed by atoms with E-state index in [-0.39, 0.29) is 17.9 Å². The minimum absolute atomic E-state index is 0.115. The fourth-order valence-electron chi connectivity index (χ4n) is 3.67. The average Bonchev–Trinajstić information content (AvgIpc) is 3.24. The Morgan fingerprint density at radius 3 is 2.75 bits per heavy atom. The molecule has 7 heteroatoms. The standard InChI is InChI=1S/C21H32N4O3/c1-16(2)7-8-19(26)24-10-12-25(13-11-24)20-18(6-3-9-22-20)21(27)23-15-17-5-4-14-28-17/h3,6,9,16-17H,4-5,7-8,10-15H2,1-2H3,(H,23,27)/t17-/m0/s1. The van der Waals surface area contributed by atoms with Crippen LogP contribution in [0.15, 0.2) is 18.3 Å². The van der Waals surface area contributed by atoms with E-state index in [1.165, 1.54) is 0 Å². The van der Waals surface area contributed by atoms with E-state index in [2.05, 4.69) is 29.0 Å². The zero-order valence-corrected chi connectivity index (χ0v) is 17.0. The Hall–Kier alpha value is -2.15. The quantitative estimate of drug-likeness (QED) is 0.774. The number of amides is 2. The molecule has 0 bridgehead atoms. The van der Waals surface area contributed by atoms with Crippen molar-refractivity contribution in [2.45, 2.75) is 45.6 Å². The Morgan fingerprint density at radius 1 is 1.29 bits per heavy atom. The smallest absolute Gasteiger partial charge is 0.255 e. The van der Waals surface area contributed by atoms with Crippen LogP contribution in [0, 0.1) is 5.92 Å². The van der Waals surface area contributed by atoms with Crippen LogP contribution in [0.2, 0.25) is 0 Å². The first-order valence-electron chi connectivity index (χ1n) is 10.4. The van der Waals surface area contributed by atoms with Gasteiger partial charge in [-0.3, -0.25) is 9.59 Å². The van der Waals surface area contributed by atoms with Gasteiger partial charge in [-0.2, -0.15) is 0 Å². The maximum Gasteiger partial charge on any atom is 0.255 e. The number of aromatic nitrogens is 1. The third-order valence-corrected chi connectivity index (χ3v) is 5.41. The summed E-state index contributed by atoms with van der Waals surface area (Å²) in [5.74, 6) is 1.34. The number of nitrogens with zero attached hydrogens (tertiary/aromatic N) is 3. The van der Waals surface area contributed by atoms with E-state index in [0.717, 1.165) is 25.9 Å². The SMILES string of the molecule is CC(C)CCC(=O)N1CCN(c2ncccc2C(=O)NC[C@@H]2CCCO2)CC1. The number of rotatable bonds is 7. The minimum Gasteiger partial charge on any atom is -0.376 e. The second kappa shape index (κ2) is 9.87. The number of piperazine rings is 1. The van der Waals surface area contributed by atoms with Gasteiger partial charge < -0.3 is 19.9 Å². The predicted molar refractivity (Wildman–Crippen MR) is 108 cm³/mol. The van der Waals surface area contributed by atoms with E-state index in [4.69, 9.17) is 4.74 Å². The van der Waals surface area contributed by atoms with E-state index in [0.29, 0.717) is 56.4 Å². The molecule has 2 aliphatic rings. The Labute approximate surface area is 167 Å². The summed E-state index contributed by atoms with van der Waals surface area (Å²) >= 11 is 0. The van der Waals surface area contributed by atoms with Gasteiger partial charge in [0.15, 0.2) is 0 Å². The molecular weight excluding hydrogens is 356 g/mol. The molecule has 28 heavy (non-hydrogen) atoms. The van der Waals surface area contributed by atoms with E-state index in [1.807, 2.05) is 11.0 Å². The van der Waals surface area contributed by atoms with Gasteiger partial charge >= 0.3 is 0 Å². The number of ether oxygens (including phenoxy) is 1. The molecule has 0 unspecified atom stereocenters. The summed E-state index contributed by atoms with van der Waals surface area (Å²) < 4.78 is 5.58. The summed E-state index contributed by atoms with van der Waals surface area (Å²) in [5.41, 5.74) is 0.583. The van der Waals surface area contributed by atoms with Crippen LogP contribution < -0.4 is 10.2 Å². The largest absolute Gasteiger partial charge is 0.376 e. The molecule has 3 heterocycles. The normalized spacial score (nSPS) is 19.9. The molecule has 3 rings (SSSR count). The fraction of sp³-hybridized carbons (Fsp3) is 0.667. The summed E-state index contributed by atoms with van der Waals surface area (Å²) in [5, 5.41) is 2.98. The van der Waals surface area contributed by atoms with Gasteiger partial charge in [0.05, 0.1) is 11.7 Å². The predicted octanol–water partition coefficient (Wildman–Crippen LogP) is 2.08. The van der Waals surface area contributed by atoms with Crippen molar-refractivity contribution >= 4 is 17.6 Å². The lowest BCUT2D eigenvalue weighted by Crippen LogP contribution is -2.49. The van der Waals surface area contributed by atoms with Gasteiger partial charge in [-0.1, -0.05) is 13.8 Å². The van der Waals surface area contributed by atoms with Crippen LogP contribution in [-0.2, 0) is 9.53 Å². The summed E-state index contributed by atoms with van der Waals surface area (Å²) in [4.78, 5) is 33.5. The molecule has 154 valence electrons. The van der Waals surface area contributed by atoms with E-state index >= 15 is 0 Å². The van der Waals surface area contributed by atoms with Crippen molar-refractivity contribution in [1.82, 2.24) is 15.2 Å². The van der Waals surface area contributed by atoms with Crippen molar-refractivity contribution in [2.24, 2.45) is 5.92 Å². The fourth-order valence-corrected chi connectivity index (χ4v) is 3.67. The number of anilines is 1. The maximum atomic E-state index is 12.7. The first kappa shape index (κ1) is 20.6. The van der Waals surface area contributed by atoms with Gasteiger partial charge in [0.1, 0.15) is 5.82 Å². The zero-order chi connectivity index (χ0) is 19.9. The molecule has 0 spiro atoms. The molecule has 2 saturated heterocycles. The molecule has 1 N–H and O–H groups in total. The Kier molecular flexibility index (Phi) is 7.25. The lowest BCUT2D eigenvalue weighted by atomic mass is 10.1. The summed E-state index contributed by atoms with van der Waals surface area (Å²) in [6, 6.07) is 3.60. The highest BCUT2D eigenvalue weighted by molar-refractivity contribution is 5.99. The van der Waals surface area contributed by atoms with Crippen LogP contribution in [0.1, 0.15) is 49.9 Å². The molecule has 1 atom stereocenters. The molecule has 1 aromatic heterocycles. The number of hydrogen-bond donors (Lipinski definition) is 1. The average molecular weight is 389 g/mol. The first-order chi connectivity index (χ1) is 13.5. The Morgan fingerprint density at radius 2 is 2.07 bits per heavy atom. The molecular formula is C21H32N4O3. The van der Waals surface area contributed by atoms with E-state index in [9.17, 15) is 9.59 Å². The van der Waals surface area contributed by atoms with Crippen molar-refractivity contribution < 1.29 is 14.3 Å². The first-order valence-corrected chi connectivity index (χ1v) is 10.4. The van der Waals surface area contributed by atoms with Gasteiger partial charge in [0.25, 0.3) is 5.91 Å². The molecule has 1 aromatic rings. The van der Waals surface area contributed by atoms with Crippen LogP contribution in [0.5, 0.6) is 0 Å². The van der Waals surface area contributed by atoms with Crippen molar-refractivity contribution in [1.29, 1.82) is 0 Å². The van der Waals surface area contributed by atoms with Crippen molar-refractivity contribution in [3.05, 3.63) is 23.9 Å². The van der Waals surface area contributed by atoms with E-state index in [1.54, 1.807) is 12.3 Å². The highest BCUT2D eigenvalue weighted by Crippen LogP contribution is 2.20. The summed E-state index contributed by atoms with van der Waals surface area (Å²) in [6.45, 7) is 8.31. The van der Waals surface area contributed by atoms with E-state index < -0.39 is 0 Å². The maximum absolute atomic E-state index is 12.7. The summed E-state index contributed by atoms with van der Waals surface area (Å²) in [7, 11) is 0. The molecule has 2 aliphatic heterocycles. The van der Waals surface area contributed by atoms with Crippen molar-refractivity contribution in [2.75, 3.05) is 44.2 Å². The second-order valence-electron chi connectivity index (χ2n) is 8.02. The Balaban J connectivity index is 1.56. The van der Waals surface area contributed by atoms with Gasteiger partial charge in [-0.25, -0.2) is 4.98 Å². The molecule has 0 radical (unpaired) electrons. The van der Waals surface area contributed by atoms with Gasteiger partial charge in [0, 0.05) is 51.9 Å². The zero-order valence-electron chi connectivity index (χ0n) is 17.0.